The van der Waals surface area contributed by atoms with Gasteiger partial charge in [0, 0.05) is 23.7 Å². The van der Waals surface area contributed by atoms with E-state index in [1.54, 1.807) is 23.7 Å². The maximum Gasteiger partial charge on any atom is 0.257 e. The minimum atomic E-state index is -3.64. The first-order valence-electron chi connectivity index (χ1n) is 7.61. The van der Waals surface area contributed by atoms with Gasteiger partial charge in [0.1, 0.15) is 5.82 Å². The molecule has 0 aliphatic rings. The summed E-state index contributed by atoms with van der Waals surface area (Å²) in [7, 11) is -0.774. The molecule has 2 rings (SSSR count). The van der Waals surface area contributed by atoms with Crippen molar-refractivity contribution in [2.45, 2.75) is 24.8 Å². The van der Waals surface area contributed by atoms with Crippen LogP contribution in [0.2, 0.25) is 0 Å². The highest BCUT2D eigenvalue weighted by molar-refractivity contribution is 14.1. The highest BCUT2D eigenvalue weighted by Gasteiger charge is 2.21. The number of sulfonamides is 1. The lowest BCUT2D eigenvalue weighted by Gasteiger charge is -2.13. The van der Waals surface area contributed by atoms with E-state index in [4.69, 9.17) is 5.26 Å². The van der Waals surface area contributed by atoms with Crippen LogP contribution in [0.5, 0.6) is 0 Å². The Morgan fingerprint density at radius 2 is 2.08 bits per heavy atom. The van der Waals surface area contributed by atoms with E-state index in [1.807, 2.05) is 28.7 Å². The Labute approximate surface area is 166 Å². The Balaban J connectivity index is 2.35. The number of nitrogens with zero attached hydrogens (tertiary/aromatic N) is 4. The molecule has 0 saturated heterocycles. The number of nitriles is 1. The van der Waals surface area contributed by atoms with Gasteiger partial charge in [0.15, 0.2) is 0 Å². The van der Waals surface area contributed by atoms with E-state index < -0.39 is 15.9 Å². The Hall–Kier alpha value is -1.97. The van der Waals surface area contributed by atoms with E-state index in [0.29, 0.717) is 21.6 Å². The Kier molecular flexibility index (Phi) is 6.38. The molecule has 8 nitrogen and oxygen atoms in total. The zero-order valence-corrected chi connectivity index (χ0v) is 17.5. The van der Waals surface area contributed by atoms with Gasteiger partial charge in [0.05, 0.1) is 35.2 Å². The normalized spacial score (nSPS) is 11.4. The molecule has 138 valence electrons. The number of carbonyl (C=O) groups is 1. The summed E-state index contributed by atoms with van der Waals surface area (Å²) < 4.78 is 27.9. The summed E-state index contributed by atoms with van der Waals surface area (Å²) in [4.78, 5) is 12.7. The topological polar surface area (TPSA) is 108 Å². The third-order valence-electron chi connectivity index (χ3n) is 3.54. The second-order valence-electron chi connectivity index (χ2n) is 5.69. The van der Waals surface area contributed by atoms with Crippen LogP contribution in [-0.2, 0) is 16.6 Å². The summed E-state index contributed by atoms with van der Waals surface area (Å²) in [6.45, 7) is 2.14. The molecule has 26 heavy (non-hydrogen) atoms. The fourth-order valence-corrected chi connectivity index (χ4v) is 3.71. The van der Waals surface area contributed by atoms with E-state index in [1.165, 1.54) is 26.2 Å². The molecule has 1 heterocycles. The van der Waals surface area contributed by atoms with Crippen LogP contribution in [0.25, 0.3) is 0 Å². The minimum absolute atomic E-state index is 0.0437. The number of carbonyl (C=O) groups excluding carboxylic acids is 1. The van der Waals surface area contributed by atoms with Gasteiger partial charge in [-0.05, 0) is 47.7 Å². The first-order valence-corrected chi connectivity index (χ1v) is 10.1. The first-order chi connectivity index (χ1) is 12.2. The first kappa shape index (κ1) is 20.3. The van der Waals surface area contributed by atoms with Gasteiger partial charge < -0.3 is 5.32 Å². The van der Waals surface area contributed by atoms with Crippen LogP contribution in [0.15, 0.2) is 29.2 Å². The number of anilines is 1. The van der Waals surface area contributed by atoms with Crippen LogP contribution in [0, 0.1) is 21.8 Å². The van der Waals surface area contributed by atoms with Crippen LogP contribution in [-0.4, -0.2) is 42.5 Å². The largest absolute Gasteiger partial charge is 0.307 e. The molecule has 0 aliphatic carbocycles. The molecule has 0 bridgehead atoms. The lowest BCUT2D eigenvalue weighted by Crippen LogP contribution is -2.23. The highest BCUT2D eigenvalue weighted by Crippen LogP contribution is 2.21. The number of rotatable bonds is 6. The Morgan fingerprint density at radius 3 is 2.69 bits per heavy atom. The van der Waals surface area contributed by atoms with E-state index in [2.05, 4.69) is 10.4 Å². The molecule has 1 N–H and O–H groups in total. The van der Waals surface area contributed by atoms with Gasteiger partial charge in [0.2, 0.25) is 10.0 Å². The van der Waals surface area contributed by atoms with Crippen molar-refractivity contribution in [2.75, 3.05) is 19.4 Å². The number of aryl methyl sites for hydroxylation is 2. The molecular formula is C16H18IN5O3S. The number of amides is 1. The summed E-state index contributed by atoms with van der Waals surface area (Å²) in [6, 6.07) is 8.14. The molecule has 1 amide bonds. The van der Waals surface area contributed by atoms with Crippen molar-refractivity contribution < 1.29 is 13.2 Å². The fraction of sp³-hybridized carbons (Fsp3) is 0.312. The Morgan fingerprint density at radius 1 is 1.38 bits per heavy atom. The fourth-order valence-electron chi connectivity index (χ4n) is 2.21. The highest BCUT2D eigenvalue weighted by atomic mass is 127. The zero-order valence-electron chi connectivity index (χ0n) is 14.5. The van der Waals surface area contributed by atoms with E-state index in [0.717, 1.165) is 4.31 Å². The van der Waals surface area contributed by atoms with E-state index in [9.17, 15) is 13.2 Å². The predicted molar refractivity (Wildman–Crippen MR) is 105 cm³/mol. The van der Waals surface area contributed by atoms with Crippen molar-refractivity contribution in [3.05, 3.63) is 39.1 Å². The lowest BCUT2D eigenvalue weighted by atomic mass is 10.2. The standard InChI is InChI=1S/C16H18IN5O3S/c1-11-9-15(22(20-11)8-4-7-18)19-16(23)13-10-12(5-6-14(13)17)26(24,25)21(2)3/h5-6,9-10H,4,8H2,1-3H3,(H,19,23). The molecule has 0 radical (unpaired) electrons. The van der Waals surface area contributed by atoms with Crippen molar-refractivity contribution in [3.8, 4) is 6.07 Å². The second-order valence-corrected chi connectivity index (χ2v) is 9.00. The van der Waals surface area contributed by atoms with Crippen molar-refractivity contribution in [1.82, 2.24) is 14.1 Å². The third kappa shape index (κ3) is 4.40. The van der Waals surface area contributed by atoms with Crippen LogP contribution in [0.3, 0.4) is 0 Å². The number of hydrogen-bond donors (Lipinski definition) is 1. The van der Waals surface area contributed by atoms with Gasteiger partial charge in [-0.15, -0.1) is 0 Å². The molecule has 0 saturated carbocycles. The van der Waals surface area contributed by atoms with E-state index >= 15 is 0 Å². The maximum atomic E-state index is 12.7. The molecule has 1 aromatic heterocycles. The molecule has 0 unspecified atom stereocenters. The van der Waals surface area contributed by atoms with Crippen molar-refractivity contribution in [3.63, 3.8) is 0 Å². The number of halogens is 1. The van der Waals surface area contributed by atoms with Gasteiger partial charge in [-0.3, -0.25) is 4.79 Å². The monoisotopic (exact) mass is 487 g/mol. The van der Waals surface area contributed by atoms with Crippen molar-refractivity contribution >= 4 is 44.3 Å². The van der Waals surface area contributed by atoms with Gasteiger partial charge in [0.25, 0.3) is 5.91 Å². The molecule has 10 heteroatoms. The number of aromatic nitrogens is 2. The minimum Gasteiger partial charge on any atom is -0.307 e. The number of hydrogen-bond acceptors (Lipinski definition) is 5. The van der Waals surface area contributed by atoms with Crippen molar-refractivity contribution in [2.24, 2.45) is 0 Å². The average Bonchev–Trinajstić information content (AvgIpc) is 2.92. The zero-order chi connectivity index (χ0) is 19.5. The smallest absolute Gasteiger partial charge is 0.257 e. The van der Waals surface area contributed by atoms with Crippen LogP contribution < -0.4 is 5.32 Å². The Bertz CT molecular complexity index is 976. The average molecular weight is 487 g/mol. The molecule has 2 aromatic rings. The van der Waals surface area contributed by atoms with Gasteiger partial charge in [-0.1, -0.05) is 0 Å². The van der Waals surface area contributed by atoms with Crippen LogP contribution in [0.1, 0.15) is 22.5 Å². The second kappa shape index (κ2) is 8.15. The molecule has 0 spiro atoms. The maximum absolute atomic E-state index is 12.7. The van der Waals surface area contributed by atoms with E-state index in [-0.39, 0.29) is 16.9 Å². The van der Waals surface area contributed by atoms with Crippen LogP contribution >= 0.6 is 22.6 Å². The number of nitrogens with one attached hydrogen (secondary N) is 1. The summed E-state index contributed by atoms with van der Waals surface area (Å²) in [5.74, 6) is 0.0164. The van der Waals surface area contributed by atoms with Crippen molar-refractivity contribution in [1.29, 1.82) is 5.26 Å². The predicted octanol–water partition coefficient (Wildman–Crippen LogP) is 2.21. The third-order valence-corrected chi connectivity index (χ3v) is 6.29. The molecule has 0 fully saturated rings. The number of benzene rings is 1. The summed E-state index contributed by atoms with van der Waals surface area (Å²) in [5, 5.41) is 15.7. The molecule has 1 aromatic carbocycles. The molecule has 0 atom stereocenters. The quantitative estimate of drug-likeness (QED) is 0.629. The summed E-state index contributed by atoms with van der Waals surface area (Å²) in [5.41, 5.74) is 0.955. The SMILES string of the molecule is Cc1cc(NC(=O)c2cc(S(=O)(=O)N(C)C)ccc2I)n(CCC#N)n1. The van der Waals surface area contributed by atoms with Gasteiger partial charge in [-0.25, -0.2) is 17.4 Å². The van der Waals surface area contributed by atoms with Crippen LogP contribution in [0.4, 0.5) is 5.82 Å². The molecule has 0 aliphatic heterocycles. The summed E-state index contributed by atoms with van der Waals surface area (Å²) in [6.07, 6.45) is 0.262. The molecular weight excluding hydrogens is 469 g/mol. The lowest BCUT2D eigenvalue weighted by molar-refractivity contribution is 0.102. The van der Waals surface area contributed by atoms with Gasteiger partial charge >= 0.3 is 0 Å². The van der Waals surface area contributed by atoms with Gasteiger partial charge in [-0.2, -0.15) is 10.4 Å². The summed E-state index contributed by atoms with van der Waals surface area (Å²) >= 11 is 1.98.